The Hall–Kier alpha value is -2.99. The molecule has 0 amide bonds. The predicted molar refractivity (Wildman–Crippen MR) is 94.2 cm³/mol. The molecule has 1 unspecified atom stereocenters. The summed E-state index contributed by atoms with van der Waals surface area (Å²) in [6.07, 6.45) is 1.63. The summed E-state index contributed by atoms with van der Waals surface area (Å²) in [6, 6.07) is 15.4. The molecular weight excluding hydrogens is 345 g/mol. The van der Waals surface area contributed by atoms with Gasteiger partial charge in [-0.1, -0.05) is 29.8 Å². The molecule has 0 aliphatic heterocycles. The normalized spacial score (nSPS) is 11.8. The fourth-order valence-corrected chi connectivity index (χ4v) is 2.69. The second-order valence-corrected chi connectivity index (χ2v) is 5.74. The predicted octanol–water partition coefficient (Wildman–Crippen LogP) is 4.98. The van der Waals surface area contributed by atoms with Crippen molar-refractivity contribution in [1.29, 1.82) is 0 Å². The molecule has 0 bridgehead atoms. The van der Waals surface area contributed by atoms with Crippen molar-refractivity contribution < 1.29 is 9.31 Å². The van der Waals surface area contributed by atoms with Gasteiger partial charge in [0.15, 0.2) is 0 Å². The van der Waals surface area contributed by atoms with Crippen molar-refractivity contribution in [3.63, 3.8) is 0 Å². The van der Waals surface area contributed by atoms with Crippen molar-refractivity contribution in [2.24, 2.45) is 0 Å². The summed E-state index contributed by atoms with van der Waals surface area (Å²) in [5.41, 5.74) is 1.29. The fraction of sp³-hybridized carbons (Fsp3) is 0.0556. The van der Waals surface area contributed by atoms with E-state index in [0.717, 1.165) is 11.6 Å². The van der Waals surface area contributed by atoms with Gasteiger partial charge in [-0.05, 0) is 42.0 Å². The standard InChI is InChI=1S/C18H13ClFN3O2/c19-13-5-3-4-12(10-13)18(16-6-1-2-9-21-16)22-15-8-7-14(20)11-17(15)23(24)25/h1-11,18,22H. The first-order valence-corrected chi connectivity index (χ1v) is 7.79. The lowest BCUT2D eigenvalue weighted by Gasteiger charge is -2.20. The van der Waals surface area contributed by atoms with Crippen LogP contribution in [0.25, 0.3) is 0 Å². The molecule has 3 aromatic rings. The van der Waals surface area contributed by atoms with Gasteiger partial charge in [0.25, 0.3) is 5.69 Å². The van der Waals surface area contributed by atoms with Crippen molar-refractivity contribution in [3.05, 3.63) is 99.1 Å². The van der Waals surface area contributed by atoms with Gasteiger partial charge in [0, 0.05) is 11.2 Å². The van der Waals surface area contributed by atoms with Crippen LogP contribution in [-0.4, -0.2) is 9.91 Å². The van der Waals surface area contributed by atoms with E-state index in [1.165, 1.54) is 12.1 Å². The number of nitro benzene ring substituents is 1. The Morgan fingerprint density at radius 3 is 2.64 bits per heavy atom. The third-order valence-electron chi connectivity index (χ3n) is 3.62. The smallest absolute Gasteiger partial charge is 0.295 e. The molecule has 1 heterocycles. The van der Waals surface area contributed by atoms with Crippen LogP contribution >= 0.6 is 11.6 Å². The number of hydrogen-bond donors (Lipinski definition) is 1. The Labute approximate surface area is 148 Å². The van der Waals surface area contributed by atoms with Gasteiger partial charge in [-0.25, -0.2) is 4.39 Å². The molecule has 0 saturated heterocycles. The minimum absolute atomic E-state index is 0.196. The largest absolute Gasteiger partial charge is 0.367 e. The molecule has 2 aromatic carbocycles. The van der Waals surface area contributed by atoms with E-state index >= 15 is 0 Å². The van der Waals surface area contributed by atoms with Gasteiger partial charge in [-0.2, -0.15) is 0 Å². The molecule has 0 aliphatic rings. The zero-order valence-corrected chi connectivity index (χ0v) is 13.7. The Morgan fingerprint density at radius 1 is 1.12 bits per heavy atom. The molecule has 0 fully saturated rings. The van der Waals surface area contributed by atoms with Crippen LogP contribution in [-0.2, 0) is 0 Å². The van der Waals surface area contributed by atoms with E-state index in [1.54, 1.807) is 36.5 Å². The van der Waals surface area contributed by atoms with E-state index in [1.807, 2.05) is 12.1 Å². The van der Waals surface area contributed by atoms with E-state index in [0.29, 0.717) is 10.7 Å². The van der Waals surface area contributed by atoms with Crippen LogP contribution in [0, 0.1) is 15.9 Å². The van der Waals surface area contributed by atoms with E-state index in [2.05, 4.69) is 10.3 Å². The highest BCUT2D eigenvalue weighted by atomic mass is 35.5. The molecule has 1 atom stereocenters. The van der Waals surface area contributed by atoms with Gasteiger partial charge in [0.1, 0.15) is 11.5 Å². The van der Waals surface area contributed by atoms with Crippen LogP contribution in [0.4, 0.5) is 15.8 Å². The van der Waals surface area contributed by atoms with E-state index in [4.69, 9.17) is 11.6 Å². The summed E-state index contributed by atoms with van der Waals surface area (Å²) in [6.45, 7) is 0. The Bertz CT molecular complexity index is 906. The maximum atomic E-state index is 13.4. The zero-order valence-electron chi connectivity index (χ0n) is 12.9. The summed E-state index contributed by atoms with van der Waals surface area (Å²) < 4.78 is 13.4. The first kappa shape index (κ1) is 16.9. The molecule has 25 heavy (non-hydrogen) atoms. The quantitative estimate of drug-likeness (QED) is 0.516. The molecule has 1 N–H and O–H groups in total. The lowest BCUT2D eigenvalue weighted by molar-refractivity contribution is -0.384. The second-order valence-electron chi connectivity index (χ2n) is 5.31. The maximum absolute atomic E-state index is 13.4. The van der Waals surface area contributed by atoms with E-state index in [9.17, 15) is 14.5 Å². The van der Waals surface area contributed by atoms with Crippen LogP contribution in [0.3, 0.4) is 0 Å². The number of nitro groups is 1. The number of aromatic nitrogens is 1. The van der Waals surface area contributed by atoms with Gasteiger partial charge < -0.3 is 5.32 Å². The molecule has 3 rings (SSSR count). The number of nitrogens with one attached hydrogen (secondary N) is 1. The molecule has 126 valence electrons. The van der Waals surface area contributed by atoms with Crippen LogP contribution in [0.1, 0.15) is 17.3 Å². The maximum Gasteiger partial charge on any atom is 0.295 e. The summed E-state index contributed by atoms with van der Waals surface area (Å²) in [5, 5.41) is 14.9. The van der Waals surface area contributed by atoms with Gasteiger partial charge >= 0.3 is 0 Å². The fourth-order valence-electron chi connectivity index (χ4n) is 2.49. The number of anilines is 1. The Kier molecular flexibility index (Phi) is 4.90. The molecule has 0 aliphatic carbocycles. The van der Waals surface area contributed by atoms with Gasteiger partial charge in [0.05, 0.1) is 22.7 Å². The molecular formula is C18H13ClFN3O2. The summed E-state index contributed by atoms with van der Waals surface area (Å²) in [7, 11) is 0. The van der Waals surface area contributed by atoms with Crippen LogP contribution < -0.4 is 5.32 Å². The number of rotatable bonds is 5. The average molecular weight is 358 g/mol. The van der Waals surface area contributed by atoms with Crippen molar-refractivity contribution in [2.45, 2.75) is 6.04 Å². The van der Waals surface area contributed by atoms with Crippen LogP contribution in [0.5, 0.6) is 0 Å². The van der Waals surface area contributed by atoms with E-state index < -0.39 is 16.8 Å². The Morgan fingerprint density at radius 2 is 1.96 bits per heavy atom. The lowest BCUT2D eigenvalue weighted by atomic mass is 10.0. The third kappa shape index (κ3) is 3.92. The minimum atomic E-state index is -0.672. The summed E-state index contributed by atoms with van der Waals surface area (Å²) >= 11 is 6.08. The number of nitrogens with zero attached hydrogens (tertiary/aromatic N) is 2. The zero-order chi connectivity index (χ0) is 17.8. The van der Waals surface area contributed by atoms with Crippen molar-refractivity contribution in [1.82, 2.24) is 4.98 Å². The molecule has 0 saturated carbocycles. The number of halogens is 2. The monoisotopic (exact) mass is 357 g/mol. The van der Waals surface area contributed by atoms with Gasteiger partial charge in [0.2, 0.25) is 0 Å². The molecule has 7 heteroatoms. The Balaban J connectivity index is 2.06. The highest BCUT2D eigenvalue weighted by Crippen LogP contribution is 2.32. The van der Waals surface area contributed by atoms with E-state index in [-0.39, 0.29) is 11.4 Å². The number of benzene rings is 2. The summed E-state index contributed by atoms with van der Waals surface area (Å²) in [5.74, 6) is -0.672. The number of hydrogen-bond acceptors (Lipinski definition) is 4. The van der Waals surface area contributed by atoms with Crippen LogP contribution in [0.15, 0.2) is 66.9 Å². The lowest BCUT2D eigenvalue weighted by Crippen LogP contribution is -2.15. The third-order valence-corrected chi connectivity index (χ3v) is 3.86. The molecule has 0 spiro atoms. The van der Waals surface area contributed by atoms with Gasteiger partial charge in [-0.15, -0.1) is 0 Å². The van der Waals surface area contributed by atoms with Crippen LogP contribution in [0.2, 0.25) is 5.02 Å². The first-order valence-electron chi connectivity index (χ1n) is 7.41. The topological polar surface area (TPSA) is 68.1 Å². The average Bonchev–Trinajstić information content (AvgIpc) is 2.61. The number of pyridine rings is 1. The van der Waals surface area contributed by atoms with Crippen molar-refractivity contribution in [2.75, 3.05) is 5.32 Å². The molecule has 1 aromatic heterocycles. The first-order chi connectivity index (χ1) is 12.0. The van der Waals surface area contributed by atoms with Crippen molar-refractivity contribution in [3.8, 4) is 0 Å². The van der Waals surface area contributed by atoms with Crippen molar-refractivity contribution >= 4 is 23.0 Å². The molecule has 0 radical (unpaired) electrons. The highest BCUT2D eigenvalue weighted by Gasteiger charge is 2.21. The van der Waals surface area contributed by atoms with Gasteiger partial charge in [-0.3, -0.25) is 15.1 Å². The SMILES string of the molecule is O=[N+]([O-])c1cc(F)ccc1NC(c1cccc(Cl)c1)c1ccccn1. The highest BCUT2D eigenvalue weighted by molar-refractivity contribution is 6.30. The minimum Gasteiger partial charge on any atom is -0.367 e. The second kappa shape index (κ2) is 7.27. The molecule has 5 nitrogen and oxygen atoms in total. The summed E-state index contributed by atoms with van der Waals surface area (Å²) in [4.78, 5) is 14.9.